The third-order valence-electron chi connectivity index (χ3n) is 2.32. The van der Waals surface area contributed by atoms with Crippen LogP contribution in [0.1, 0.15) is 12.8 Å². The molecule has 0 saturated heterocycles. The Labute approximate surface area is 101 Å². The minimum absolute atomic E-state index is 0.153. The van der Waals surface area contributed by atoms with Gasteiger partial charge in [0.15, 0.2) is 0 Å². The Morgan fingerprint density at radius 1 is 1.50 bits per heavy atom. The molecule has 0 aromatic heterocycles. The molecule has 16 heavy (non-hydrogen) atoms. The molecule has 1 unspecified atom stereocenters. The monoisotopic (exact) mass is 237 g/mol. The Balaban J connectivity index is 2.44. The standard InChI is InChI=1S/C13H16FNS/c1-3-4-7-11(15-2)10-16-13-9-6-5-8-12(13)14/h1,5-6,8-9,11,15H,4,7,10H2,2H3. The zero-order valence-corrected chi connectivity index (χ0v) is 10.2. The number of hydrogen-bond acceptors (Lipinski definition) is 2. The van der Waals surface area contributed by atoms with Crippen LogP contribution < -0.4 is 5.32 Å². The van der Waals surface area contributed by atoms with Gasteiger partial charge in [-0.1, -0.05) is 12.1 Å². The van der Waals surface area contributed by atoms with Gasteiger partial charge in [-0.2, -0.15) is 0 Å². The summed E-state index contributed by atoms with van der Waals surface area (Å²) in [4.78, 5) is 0.698. The minimum atomic E-state index is -0.153. The van der Waals surface area contributed by atoms with Crippen molar-refractivity contribution in [1.29, 1.82) is 0 Å². The second-order valence-corrected chi connectivity index (χ2v) is 4.53. The molecule has 1 atom stereocenters. The van der Waals surface area contributed by atoms with Crippen molar-refractivity contribution in [3.63, 3.8) is 0 Å². The van der Waals surface area contributed by atoms with E-state index < -0.39 is 0 Å². The van der Waals surface area contributed by atoms with Gasteiger partial charge < -0.3 is 5.32 Å². The van der Waals surface area contributed by atoms with Crippen LogP contribution in [0.5, 0.6) is 0 Å². The van der Waals surface area contributed by atoms with Crippen LogP contribution in [0.3, 0.4) is 0 Å². The second-order valence-electron chi connectivity index (χ2n) is 3.47. The minimum Gasteiger partial charge on any atom is -0.316 e. The summed E-state index contributed by atoms with van der Waals surface area (Å²) in [6, 6.07) is 7.17. The van der Waals surface area contributed by atoms with Crippen molar-refractivity contribution in [2.75, 3.05) is 12.8 Å². The average molecular weight is 237 g/mol. The predicted molar refractivity (Wildman–Crippen MR) is 68.0 cm³/mol. The van der Waals surface area contributed by atoms with Gasteiger partial charge >= 0.3 is 0 Å². The van der Waals surface area contributed by atoms with Crippen LogP contribution >= 0.6 is 11.8 Å². The topological polar surface area (TPSA) is 12.0 Å². The number of halogens is 1. The molecule has 0 fully saturated rings. The smallest absolute Gasteiger partial charge is 0.136 e. The third-order valence-corrected chi connectivity index (χ3v) is 3.53. The second kappa shape index (κ2) is 7.32. The maximum atomic E-state index is 13.3. The molecule has 0 aliphatic heterocycles. The van der Waals surface area contributed by atoms with Gasteiger partial charge in [0.25, 0.3) is 0 Å². The molecule has 0 aliphatic carbocycles. The lowest BCUT2D eigenvalue weighted by atomic mass is 10.2. The van der Waals surface area contributed by atoms with Crippen LogP contribution in [0.15, 0.2) is 29.2 Å². The number of benzene rings is 1. The van der Waals surface area contributed by atoms with E-state index in [9.17, 15) is 4.39 Å². The number of terminal acetylenes is 1. The molecular formula is C13H16FNS. The summed E-state index contributed by atoms with van der Waals surface area (Å²) in [5.41, 5.74) is 0. The van der Waals surface area contributed by atoms with Crippen LogP contribution in [0.2, 0.25) is 0 Å². The molecule has 1 aromatic carbocycles. The SMILES string of the molecule is C#CCCC(CSc1ccccc1F)NC. The van der Waals surface area contributed by atoms with E-state index in [1.807, 2.05) is 13.1 Å². The van der Waals surface area contributed by atoms with Gasteiger partial charge in [0, 0.05) is 23.1 Å². The number of rotatable bonds is 6. The first-order valence-electron chi connectivity index (χ1n) is 5.26. The van der Waals surface area contributed by atoms with E-state index in [-0.39, 0.29) is 5.82 Å². The molecule has 1 N–H and O–H groups in total. The van der Waals surface area contributed by atoms with E-state index in [1.165, 1.54) is 17.8 Å². The first-order valence-corrected chi connectivity index (χ1v) is 6.24. The van der Waals surface area contributed by atoms with Gasteiger partial charge in [-0.25, -0.2) is 4.39 Å². The Morgan fingerprint density at radius 3 is 2.88 bits per heavy atom. The number of hydrogen-bond donors (Lipinski definition) is 1. The highest BCUT2D eigenvalue weighted by molar-refractivity contribution is 7.99. The molecule has 3 heteroatoms. The summed E-state index contributed by atoms with van der Waals surface area (Å²) in [7, 11) is 1.91. The molecule has 0 bridgehead atoms. The van der Waals surface area contributed by atoms with Gasteiger partial charge in [0.1, 0.15) is 5.82 Å². The summed E-state index contributed by atoms with van der Waals surface area (Å²) in [6.07, 6.45) is 6.90. The van der Waals surface area contributed by atoms with E-state index in [4.69, 9.17) is 6.42 Å². The Hall–Kier alpha value is -0.980. The fraction of sp³-hybridized carbons (Fsp3) is 0.385. The van der Waals surface area contributed by atoms with Crippen molar-refractivity contribution in [2.24, 2.45) is 0 Å². The number of nitrogens with one attached hydrogen (secondary N) is 1. The molecule has 1 nitrogen and oxygen atoms in total. The van der Waals surface area contributed by atoms with Crippen LogP contribution in [0.4, 0.5) is 4.39 Å². The summed E-state index contributed by atoms with van der Waals surface area (Å²) in [5, 5.41) is 3.19. The van der Waals surface area contributed by atoms with Gasteiger partial charge in [-0.15, -0.1) is 24.1 Å². The first-order chi connectivity index (χ1) is 7.77. The van der Waals surface area contributed by atoms with Gasteiger partial charge in [-0.3, -0.25) is 0 Å². The highest BCUT2D eigenvalue weighted by Crippen LogP contribution is 2.22. The zero-order chi connectivity index (χ0) is 11.8. The molecule has 0 aliphatic rings. The summed E-state index contributed by atoms with van der Waals surface area (Å²) >= 11 is 1.52. The van der Waals surface area contributed by atoms with E-state index in [1.54, 1.807) is 12.1 Å². The summed E-state index contributed by atoms with van der Waals surface area (Å²) < 4.78 is 13.3. The molecule has 1 aromatic rings. The van der Waals surface area contributed by atoms with Crippen molar-refractivity contribution in [2.45, 2.75) is 23.8 Å². The average Bonchev–Trinajstić information content (AvgIpc) is 2.31. The molecule has 0 heterocycles. The Kier molecular flexibility index (Phi) is 5.99. The van der Waals surface area contributed by atoms with Crippen LogP contribution in [0.25, 0.3) is 0 Å². The molecule has 0 saturated carbocycles. The molecule has 0 spiro atoms. The lowest BCUT2D eigenvalue weighted by Gasteiger charge is -2.14. The fourth-order valence-electron chi connectivity index (χ4n) is 1.32. The lowest BCUT2D eigenvalue weighted by Crippen LogP contribution is -2.27. The first kappa shape index (κ1) is 13.1. The number of thioether (sulfide) groups is 1. The highest BCUT2D eigenvalue weighted by Gasteiger charge is 2.07. The molecule has 0 amide bonds. The lowest BCUT2D eigenvalue weighted by molar-refractivity contribution is 0.579. The van der Waals surface area contributed by atoms with Crippen molar-refractivity contribution < 1.29 is 4.39 Å². The van der Waals surface area contributed by atoms with Crippen LogP contribution in [-0.2, 0) is 0 Å². The van der Waals surface area contributed by atoms with Gasteiger partial charge in [0.05, 0.1) is 0 Å². The summed E-state index contributed by atoms with van der Waals surface area (Å²) in [6.45, 7) is 0. The maximum absolute atomic E-state index is 13.3. The Bertz CT molecular complexity index is 359. The van der Waals surface area contributed by atoms with Crippen molar-refractivity contribution in [3.05, 3.63) is 30.1 Å². The van der Waals surface area contributed by atoms with E-state index in [0.29, 0.717) is 10.9 Å². The van der Waals surface area contributed by atoms with Crippen molar-refractivity contribution >= 4 is 11.8 Å². The van der Waals surface area contributed by atoms with Crippen LogP contribution in [0, 0.1) is 18.2 Å². The van der Waals surface area contributed by atoms with E-state index >= 15 is 0 Å². The Morgan fingerprint density at radius 2 is 2.25 bits per heavy atom. The molecule has 0 radical (unpaired) electrons. The molecular weight excluding hydrogens is 221 g/mol. The normalized spacial score (nSPS) is 12.1. The maximum Gasteiger partial charge on any atom is 0.136 e. The van der Waals surface area contributed by atoms with E-state index in [2.05, 4.69) is 11.2 Å². The quantitative estimate of drug-likeness (QED) is 0.603. The third kappa shape index (κ3) is 4.26. The molecule has 1 rings (SSSR count). The molecule has 86 valence electrons. The summed E-state index contributed by atoms with van der Waals surface area (Å²) in [5.74, 6) is 3.30. The van der Waals surface area contributed by atoms with Gasteiger partial charge in [0.2, 0.25) is 0 Å². The zero-order valence-electron chi connectivity index (χ0n) is 9.37. The van der Waals surface area contributed by atoms with Gasteiger partial charge in [-0.05, 0) is 25.6 Å². The predicted octanol–water partition coefficient (Wildman–Crippen LogP) is 2.92. The largest absolute Gasteiger partial charge is 0.316 e. The fourth-order valence-corrected chi connectivity index (χ4v) is 2.42. The van der Waals surface area contributed by atoms with Crippen LogP contribution in [-0.4, -0.2) is 18.8 Å². The van der Waals surface area contributed by atoms with E-state index in [0.717, 1.165) is 18.6 Å². The highest BCUT2D eigenvalue weighted by atomic mass is 32.2. The van der Waals surface area contributed by atoms with Crippen molar-refractivity contribution in [3.8, 4) is 12.3 Å². The van der Waals surface area contributed by atoms with Crippen molar-refractivity contribution in [1.82, 2.24) is 5.32 Å².